The van der Waals surface area contributed by atoms with E-state index in [-0.39, 0.29) is 0 Å². The third-order valence-electron chi connectivity index (χ3n) is 3.44. The molecule has 1 aromatic heterocycles. The molecule has 2 N–H and O–H groups in total. The highest BCUT2D eigenvalue weighted by atomic mass is 19.1. The van der Waals surface area contributed by atoms with Gasteiger partial charge in [0, 0.05) is 13.0 Å². The number of aryl methyl sites for hydroxylation is 1. The van der Waals surface area contributed by atoms with Crippen LogP contribution >= 0.6 is 0 Å². The first-order valence-electron chi connectivity index (χ1n) is 7.13. The summed E-state index contributed by atoms with van der Waals surface area (Å²) in [7, 11) is 0. The van der Waals surface area contributed by atoms with Crippen molar-refractivity contribution >= 4 is 16.7 Å². The highest BCUT2D eigenvalue weighted by molar-refractivity contribution is 5.74. The number of benzene rings is 2. The number of rotatable bonds is 5. The number of H-pyrrole nitrogens is 1. The number of imidazole rings is 1. The van der Waals surface area contributed by atoms with Crippen molar-refractivity contribution in [2.75, 3.05) is 11.9 Å². The van der Waals surface area contributed by atoms with Crippen molar-refractivity contribution in [1.29, 1.82) is 5.26 Å². The fourth-order valence-corrected chi connectivity index (χ4v) is 2.33. The maximum absolute atomic E-state index is 13.7. The summed E-state index contributed by atoms with van der Waals surface area (Å²) in [6, 6.07) is 14.2. The molecule has 0 saturated heterocycles. The molecule has 110 valence electrons. The molecule has 0 spiro atoms. The quantitative estimate of drug-likeness (QED) is 0.706. The van der Waals surface area contributed by atoms with Crippen LogP contribution in [0, 0.1) is 17.1 Å². The van der Waals surface area contributed by atoms with E-state index in [0.29, 0.717) is 17.8 Å². The van der Waals surface area contributed by atoms with Gasteiger partial charge in [-0.05, 0) is 36.8 Å². The molecule has 0 radical (unpaired) electrons. The SMILES string of the molecule is N#Cc1ccc(NCCCc2nc3ccccc3[nH]2)c(F)c1. The lowest BCUT2D eigenvalue weighted by atomic mass is 10.2. The molecule has 1 heterocycles. The van der Waals surface area contributed by atoms with Crippen molar-refractivity contribution in [3.8, 4) is 6.07 Å². The second kappa shape index (κ2) is 6.27. The molecular weight excluding hydrogens is 279 g/mol. The fourth-order valence-electron chi connectivity index (χ4n) is 2.33. The van der Waals surface area contributed by atoms with E-state index in [1.165, 1.54) is 6.07 Å². The first-order chi connectivity index (χ1) is 10.8. The Bertz CT molecular complexity index is 799. The summed E-state index contributed by atoms with van der Waals surface area (Å²) < 4.78 is 13.7. The van der Waals surface area contributed by atoms with Crippen LogP contribution in [0.3, 0.4) is 0 Å². The van der Waals surface area contributed by atoms with Crippen LogP contribution in [0.1, 0.15) is 17.8 Å². The molecule has 2 aromatic carbocycles. The van der Waals surface area contributed by atoms with Crippen molar-refractivity contribution in [1.82, 2.24) is 9.97 Å². The number of hydrogen-bond acceptors (Lipinski definition) is 3. The summed E-state index contributed by atoms with van der Waals surface area (Å²) in [5.41, 5.74) is 2.74. The smallest absolute Gasteiger partial charge is 0.147 e. The van der Waals surface area contributed by atoms with Gasteiger partial charge in [-0.3, -0.25) is 0 Å². The average molecular weight is 294 g/mol. The zero-order valence-corrected chi connectivity index (χ0v) is 11.9. The van der Waals surface area contributed by atoms with Gasteiger partial charge in [0.25, 0.3) is 0 Å². The lowest BCUT2D eigenvalue weighted by Crippen LogP contribution is -2.05. The van der Waals surface area contributed by atoms with E-state index in [9.17, 15) is 4.39 Å². The molecule has 4 nitrogen and oxygen atoms in total. The first-order valence-corrected chi connectivity index (χ1v) is 7.13. The maximum atomic E-state index is 13.7. The molecule has 0 aliphatic heterocycles. The van der Waals surface area contributed by atoms with Crippen LogP contribution < -0.4 is 5.32 Å². The predicted molar refractivity (Wildman–Crippen MR) is 84.0 cm³/mol. The number of para-hydroxylation sites is 2. The molecular formula is C17H15FN4. The van der Waals surface area contributed by atoms with Gasteiger partial charge in [-0.15, -0.1) is 0 Å². The molecule has 0 bridgehead atoms. The first kappa shape index (κ1) is 14.1. The van der Waals surface area contributed by atoms with Crippen molar-refractivity contribution in [3.63, 3.8) is 0 Å². The van der Waals surface area contributed by atoms with Gasteiger partial charge in [0.15, 0.2) is 0 Å². The Morgan fingerprint density at radius 2 is 2.09 bits per heavy atom. The number of nitrogens with zero attached hydrogens (tertiary/aromatic N) is 2. The van der Waals surface area contributed by atoms with E-state index in [1.54, 1.807) is 12.1 Å². The summed E-state index contributed by atoms with van der Waals surface area (Å²) in [6.07, 6.45) is 1.62. The highest BCUT2D eigenvalue weighted by Crippen LogP contribution is 2.16. The minimum absolute atomic E-state index is 0.324. The lowest BCUT2D eigenvalue weighted by Gasteiger charge is -2.06. The summed E-state index contributed by atoms with van der Waals surface area (Å²) in [4.78, 5) is 7.78. The zero-order chi connectivity index (χ0) is 15.4. The van der Waals surface area contributed by atoms with Gasteiger partial charge in [-0.2, -0.15) is 5.26 Å². The molecule has 22 heavy (non-hydrogen) atoms. The number of fused-ring (bicyclic) bond motifs is 1. The van der Waals surface area contributed by atoms with Crippen molar-refractivity contribution < 1.29 is 4.39 Å². The van der Waals surface area contributed by atoms with Crippen molar-refractivity contribution in [2.24, 2.45) is 0 Å². The molecule has 0 saturated carbocycles. The van der Waals surface area contributed by atoms with Gasteiger partial charge >= 0.3 is 0 Å². The Balaban J connectivity index is 1.54. The molecule has 3 rings (SSSR count). The maximum Gasteiger partial charge on any atom is 0.147 e. The average Bonchev–Trinajstić information content (AvgIpc) is 2.95. The Labute approximate surface area is 127 Å². The van der Waals surface area contributed by atoms with Crippen LogP contribution in [0.15, 0.2) is 42.5 Å². The molecule has 3 aromatic rings. The van der Waals surface area contributed by atoms with Gasteiger partial charge < -0.3 is 10.3 Å². The molecule has 0 unspecified atom stereocenters. The minimum atomic E-state index is -0.400. The molecule has 0 aliphatic carbocycles. The molecule has 0 amide bonds. The van der Waals surface area contributed by atoms with Crippen LogP contribution in [0.4, 0.5) is 10.1 Å². The second-order valence-electron chi connectivity index (χ2n) is 5.04. The third kappa shape index (κ3) is 3.07. The molecule has 0 fully saturated rings. The van der Waals surface area contributed by atoms with Crippen LogP contribution in [0.2, 0.25) is 0 Å². The van der Waals surface area contributed by atoms with Gasteiger partial charge in [-0.25, -0.2) is 9.37 Å². The van der Waals surface area contributed by atoms with Crippen LogP contribution in [0.25, 0.3) is 11.0 Å². The minimum Gasteiger partial charge on any atom is -0.383 e. The second-order valence-corrected chi connectivity index (χ2v) is 5.04. The highest BCUT2D eigenvalue weighted by Gasteiger charge is 2.04. The number of anilines is 1. The standard InChI is InChI=1S/C17H15FN4/c18-13-10-12(11-19)7-8-14(13)20-9-3-6-17-21-15-4-1-2-5-16(15)22-17/h1-2,4-5,7-8,10,20H,3,6,9H2,(H,21,22). The normalized spacial score (nSPS) is 10.5. The monoisotopic (exact) mass is 294 g/mol. The molecule has 0 aliphatic rings. The Hall–Kier alpha value is -2.87. The Morgan fingerprint density at radius 1 is 1.23 bits per heavy atom. The topological polar surface area (TPSA) is 64.5 Å². The summed E-state index contributed by atoms with van der Waals surface area (Å²) in [5, 5.41) is 11.7. The van der Waals surface area contributed by atoms with E-state index in [4.69, 9.17) is 5.26 Å². The van der Waals surface area contributed by atoms with Crippen LogP contribution in [-0.2, 0) is 6.42 Å². The fraction of sp³-hybridized carbons (Fsp3) is 0.176. The van der Waals surface area contributed by atoms with E-state index in [2.05, 4.69) is 15.3 Å². The van der Waals surface area contributed by atoms with Gasteiger partial charge in [-0.1, -0.05) is 12.1 Å². The van der Waals surface area contributed by atoms with E-state index >= 15 is 0 Å². The predicted octanol–water partition coefficient (Wildman–Crippen LogP) is 3.62. The summed E-state index contributed by atoms with van der Waals surface area (Å²) >= 11 is 0. The lowest BCUT2D eigenvalue weighted by molar-refractivity contribution is 0.629. The number of nitrogens with one attached hydrogen (secondary N) is 2. The Kier molecular flexibility index (Phi) is 4.01. The number of nitriles is 1. The van der Waals surface area contributed by atoms with Crippen molar-refractivity contribution in [3.05, 3.63) is 59.7 Å². The summed E-state index contributed by atoms with van der Waals surface area (Å²) in [5.74, 6) is 0.533. The van der Waals surface area contributed by atoms with E-state index in [0.717, 1.165) is 29.7 Å². The molecule has 0 atom stereocenters. The number of halogens is 1. The number of aromatic nitrogens is 2. The van der Waals surface area contributed by atoms with Gasteiger partial charge in [0.1, 0.15) is 11.6 Å². The van der Waals surface area contributed by atoms with E-state index < -0.39 is 5.82 Å². The number of aromatic amines is 1. The zero-order valence-electron chi connectivity index (χ0n) is 11.9. The van der Waals surface area contributed by atoms with Crippen molar-refractivity contribution in [2.45, 2.75) is 12.8 Å². The van der Waals surface area contributed by atoms with Crippen LogP contribution in [0.5, 0.6) is 0 Å². The van der Waals surface area contributed by atoms with Gasteiger partial charge in [0.05, 0.1) is 28.4 Å². The third-order valence-corrected chi connectivity index (χ3v) is 3.44. The number of hydrogen-bond donors (Lipinski definition) is 2. The van der Waals surface area contributed by atoms with Gasteiger partial charge in [0.2, 0.25) is 0 Å². The molecule has 5 heteroatoms. The summed E-state index contributed by atoms with van der Waals surface area (Å²) in [6.45, 7) is 0.639. The largest absolute Gasteiger partial charge is 0.383 e. The van der Waals surface area contributed by atoms with E-state index in [1.807, 2.05) is 30.3 Å². The Morgan fingerprint density at radius 3 is 2.86 bits per heavy atom. The van der Waals surface area contributed by atoms with Crippen LogP contribution in [-0.4, -0.2) is 16.5 Å².